The van der Waals surface area contributed by atoms with E-state index >= 15 is 0 Å². The molecule has 1 unspecified atom stereocenters. The molecule has 6 heteroatoms. The number of hydrogen-bond acceptors (Lipinski definition) is 4. The second-order valence-corrected chi connectivity index (χ2v) is 7.51. The van der Waals surface area contributed by atoms with Crippen LogP contribution in [-0.4, -0.2) is 45.5 Å². The number of nitrogens with zero attached hydrogens (tertiary/aromatic N) is 4. The standard InChI is InChI=1S/C23H26N4O2/c1-17-5-3-7-20(29-2)21(17)23(28)27-13-4-6-19(16-27)22-25-12-14-26(22)15-18-8-10-24-11-9-18/h3,5,7-12,14,19H,4,6,13,15-16H2,1-2H3. The summed E-state index contributed by atoms with van der Waals surface area (Å²) >= 11 is 0. The minimum Gasteiger partial charge on any atom is -0.496 e. The van der Waals surface area contributed by atoms with Crippen LogP contribution in [0.4, 0.5) is 0 Å². The van der Waals surface area contributed by atoms with Crippen LogP contribution in [0.15, 0.2) is 55.1 Å². The van der Waals surface area contributed by atoms with Gasteiger partial charge in [-0.15, -0.1) is 0 Å². The quantitative estimate of drug-likeness (QED) is 0.667. The second-order valence-electron chi connectivity index (χ2n) is 7.51. The van der Waals surface area contributed by atoms with E-state index in [1.165, 1.54) is 5.56 Å². The first kappa shape index (κ1) is 19.2. The molecule has 0 spiro atoms. The molecular weight excluding hydrogens is 364 g/mol. The molecule has 4 rings (SSSR count). The van der Waals surface area contributed by atoms with E-state index < -0.39 is 0 Å². The predicted molar refractivity (Wildman–Crippen MR) is 111 cm³/mol. The summed E-state index contributed by atoms with van der Waals surface area (Å²) in [6, 6.07) is 9.76. The lowest BCUT2D eigenvalue weighted by molar-refractivity contribution is 0.0699. The van der Waals surface area contributed by atoms with Gasteiger partial charge < -0.3 is 14.2 Å². The minimum absolute atomic E-state index is 0.0388. The normalized spacial score (nSPS) is 16.6. The van der Waals surface area contributed by atoms with Gasteiger partial charge in [-0.3, -0.25) is 9.78 Å². The fraction of sp³-hybridized carbons (Fsp3) is 0.348. The summed E-state index contributed by atoms with van der Waals surface area (Å²) < 4.78 is 7.64. The van der Waals surface area contributed by atoms with Crippen molar-refractivity contribution in [1.29, 1.82) is 0 Å². The third-order valence-electron chi connectivity index (χ3n) is 5.59. The SMILES string of the molecule is COc1cccc(C)c1C(=O)N1CCCC(c2nccn2Cc2ccncc2)C1. The highest BCUT2D eigenvalue weighted by molar-refractivity contribution is 5.98. The number of ether oxygens (including phenoxy) is 1. The summed E-state index contributed by atoms with van der Waals surface area (Å²) in [5.74, 6) is 1.93. The number of benzene rings is 1. The number of carbonyl (C=O) groups is 1. The van der Waals surface area contributed by atoms with Crippen molar-refractivity contribution in [2.45, 2.75) is 32.2 Å². The van der Waals surface area contributed by atoms with Gasteiger partial charge in [-0.05, 0) is 49.1 Å². The van der Waals surface area contributed by atoms with Crippen LogP contribution in [0.5, 0.6) is 5.75 Å². The highest BCUT2D eigenvalue weighted by atomic mass is 16.5. The molecule has 3 aromatic rings. The maximum absolute atomic E-state index is 13.3. The first-order chi connectivity index (χ1) is 14.2. The third kappa shape index (κ3) is 4.01. The zero-order valence-electron chi connectivity index (χ0n) is 16.9. The van der Waals surface area contributed by atoms with E-state index in [0.717, 1.165) is 37.3 Å². The molecule has 6 nitrogen and oxygen atoms in total. The molecule has 3 heterocycles. The van der Waals surface area contributed by atoms with Gasteiger partial charge in [0.15, 0.2) is 0 Å². The predicted octanol–water partition coefficient (Wildman–Crippen LogP) is 3.66. The second kappa shape index (κ2) is 8.47. The monoisotopic (exact) mass is 390 g/mol. The molecular formula is C23H26N4O2. The van der Waals surface area contributed by atoms with Crippen molar-refractivity contribution in [3.05, 3.63) is 77.6 Å². The molecule has 0 saturated carbocycles. The third-order valence-corrected chi connectivity index (χ3v) is 5.59. The molecule has 1 aromatic carbocycles. The van der Waals surface area contributed by atoms with Gasteiger partial charge in [-0.1, -0.05) is 12.1 Å². The molecule has 0 N–H and O–H groups in total. The molecule has 0 radical (unpaired) electrons. The summed E-state index contributed by atoms with van der Waals surface area (Å²) in [6.07, 6.45) is 9.47. The number of carbonyl (C=O) groups excluding carboxylic acids is 1. The largest absolute Gasteiger partial charge is 0.496 e. The van der Waals surface area contributed by atoms with Crippen molar-refractivity contribution >= 4 is 5.91 Å². The van der Waals surface area contributed by atoms with Gasteiger partial charge in [-0.25, -0.2) is 4.98 Å². The molecule has 2 aromatic heterocycles. The fourth-order valence-electron chi connectivity index (χ4n) is 4.11. The van der Waals surface area contributed by atoms with E-state index in [2.05, 4.69) is 14.5 Å². The highest BCUT2D eigenvalue weighted by Crippen LogP contribution is 2.30. The highest BCUT2D eigenvalue weighted by Gasteiger charge is 2.30. The topological polar surface area (TPSA) is 60.2 Å². The summed E-state index contributed by atoms with van der Waals surface area (Å²) in [5, 5.41) is 0. The number of aryl methyl sites for hydroxylation is 1. The lowest BCUT2D eigenvalue weighted by atomic mass is 9.95. The fourth-order valence-corrected chi connectivity index (χ4v) is 4.11. The van der Waals surface area contributed by atoms with E-state index in [1.807, 2.05) is 66.9 Å². The average Bonchev–Trinajstić information content (AvgIpc) is 3.22. The Labute approximate surface area is 171 Å². The Morgan fingerprint density at radius 3 is 2.83 bits per heavy atom. The Bertz CT molecular complexity index is 984. The van der Waals surface area contributed by atoms with Gasteiger partial charge in [0.05, 0.1) is 12.7 Å². The molecule has 1 atom stereocenters. The van der Waals surface area contributed by atoms with Crippen LogP contribution in [0.2, 0.25) is 0 Å². The van der Waals surface area contributed by atoms with Gasteiger partial charge in [0.1, 0.15) is 11.6 Å². The minimum atomic E-state index is 0.0388. The summed E-state index contributed by atoms with van der Waals surface area (Å²) in [4.78, 5) is 24.0. The van der Waals surface area contributed by atoms with Crippen LogP contribution < -0.4 is 4.74 Å². The summed E-state index contributed by atoms with van der Waals surface area (Å²) in [5.41, 5.74) is 2.79. The number of aromatic nitrogens is 3. The number of pyridine rings is 1. The number of piperidine rings is 1. The van der Waals surface area contributed by atoms with E-state index in [-0.39, 0.29) is 11.8 Å². The number of amides is 1. The van der Waals surface area contributed by atoms with Crippen molar-refractivity contribution in [2.75, 3.05) is 20.2 Å². The van der Waals surface area contributed by atoms with Gasteiger partial charge in [0.2, 0.25) is 0 Å². The molecule has 1 aliphatic heterocycles. The molecule has 0 aliphatic carbocycles. The number of imidazole rings is 1. The van der Waals surface area contributed by atoms with Crippen molar-refractivity contribution < 1.29 is 9.53 Å². The number of hydrogen-bond donors (Lipinski definition) is 0. The van der Waals surface area contributed by atoms with Gasteiger partial charge in [-0.2, -0.15) is 0 Å². The lowest BCUT2D eigenvalue weighted by Gasteiger charge is -2.33. The van der Waals surface area contributed by atoms with Crippen LogP contribution in [0, 0.1) is 6.92 Å². The molecule has 1 aliphatic rings. The molecule has 29 heavy (non-hydrogen) atoms. The Morgan fingerprint density at radius 2 is 2.03 bits per heavy atom. The van der Waals surface area contributed by atoms with Crippen LogP contribution in [-0.2, 0) is 6.54 Å². The Hall–Kier alpha value is -3.15. The maximum atomic E-state index is 13.3. The van der Waals surface area contributed by atoms with Gasteiger partial charge >= 0.3 is 0 Å². The van der Waals surface area contributed by atoms with Crippen LogP contribution in [0.1, 0.15) is 46.1 Å². The first-order valence-corrected chi connectivity index (χ1v) is 10.00. The molecule has 1 saturated heterocycles. The Morgan fingerprint density at radius 1 is 1.21 bits per heavy atom. The van der Waals surface area contributed by atoms with Crippen LogP contribution >= 0.6 is 0 Å². The maximum Gasteiger partial charge on any atom is 0.257 e. The number of likely N-dealkylation sites (tertiary alicyclic amines) is 1. The van der Waals surface area contributed by atoms with Crippen LogP contribution in [0.25, 0.3) is 0 Å². The zero-order valence-corrected chi connectivity index (χ0v) is 16.9. The van der Waals surface area contributed by atoms with Gasteiger partial charge in [0.25, 0.3) is 5.91 Å². The van der Waals surface area contributed by atoms with Crippen molar-refractivity contribution in [3.63, 3.8) is 0 Å². The van der Waals surface area contributed by atoms with Crippen LogP contribution in [0.3, 0.4) is 0 Å². The summed E-state index contributed by atoms with van der Waals surface area (Å²) in [7, 11) is 1.61. The molecule has 1 fully saturated rings. The smallest absolute Gasteiger partial charge is 0.257 e. The van der Waals surface area contributed by atoms with E-state index in [4.69, 9.17) is 4.74 Å². The summed E-state index contributed by atoms with van der Waals surface area (Å²) in [6.45, 7) is 4.15. The van der Waals surface area contributed by atoms with Crippen molar-refractivity contribution in [3.8, 4) is 5.75 Å². The van der Waals surface area contributed by atoms with Gasteiger partial charge in [0, 0.05) is 50.3 Å². The Kier molecular flexibility index (Phi) is 5.60. The lowest BCUT2D eigenvalue weighted by Crippen LogP contribution is -2.40. The zero-order chi connectivity index (χ0) is 20.2. The Balaban J connectivity index is 1.54. The number of methoxy groups -OCH3 is 1. The molecule has 150 valence electrons. The van der Waals surface area contributed by atoms with Crippen molar-refractivity contribution in [2.24, 2.45) is 0 Å². The van der Waals surface area contributed by atoms with E-state index in [0.29, 0.717) is 17.9 Å². The number of rotatable bonds is 5. The van der Waals surface area contributed by atoms with Crippen molar-refractivity contribution in [1.82, 2.24) is 19.4 Å². The first-order valence-electron chi connectivity index (χ1n) is 10.00. The van der Waals surface area contributed by atoms with E-state index in [1.54, 1.807) is 7.11 Å². The average molecular weight is 390 g/mol. The molecule has 1 amide bonds. The molecule has 0 bridgehead atoms. The van der Waals surface area contributed by atoms with E-state index in [9.17, 15) is 4.79 Å².